The Morgan fingerprint density at radius 1 is 1.36 bits per heavy atom. The minimum Gasteiger partial charge on any atom is -0.337 e. The van der Waals surface area contributed by atoms with Crippen molar-refractivity contribution in [3.63, 3.8) is 0 Å². The van der Waals surface area contributed by atoms with Crippen LogP contribution in [0.15, 0.2) is 21.5 Å². The minimum absolute atomic E-state index is 0.144. The zero-order valence-electron chi connectivity index (χ0n) is 13.3. The van der Waals surface area contributed by atoms with E-state index in [1.165, 1.54) is 9.47 Å². The fraction of sp³-hybridized carbons (Fsp3) is 0.467. The molecule has 2 heterocycles. The fourth-order valence-corrected chi connectivity index (χ4v) is 2.05. The monoisotopic (exact) mass is 304 g/mol. The summed E-state index contributed by atoms with van der Waals surface area (Å²) in [5.41, 5.74) is 0.641. The molecule has 1 amide bonds. The van der Waals surface area contributed by atoms with Crippen LogP contribution in [0.1, 0.15) is 41.6 Å². The van der Waals surface area contributed by atoms with Gasteiger partial charge in [-0.2, -0.15) is 4.98 Å². The number of carbonyl (C=O) groups excluding carboxylic acids is 1. The predicted molar refractivity (Wildman–Crippen MR) is 80.5 cm³/mol. The lowest BCUT2D eigenvalue weighted by Crippen LogP contribution is -2.36. The number of aromatic nitrogens is 3. The van der Waals surface area contributed by atoms with E-state index < -0.39 is 0 Å². The van der Waals surface area contributed by atoms with Gasteiger partial charge in [-0.3, -0.25) is 9.59 Å². The van der Waals surface area contributed by atoms with Gasteiger partial charge in [0.1, 0.15) is 12.1 Å². The third-order valence-electron chi connectivity index (χ3n) is 3.61. The molecule has 2 aromatic heterocycles. The Morgan fingerprint density at radius 3 is 2.68 bits per heavy atom. The molecule has 0 atom stereocenters. The Morgan fingerprint density at radius 2 is 2.09 bits per heavy atom. The minimum atomic E-state index is -0.334. The quantitative estimate of drug-likeness (QED) is 0.831. The summed E-state index contributed by atoms with van der Waals surface area (Å²) in [6, 6.07) is 3.32. The van der Waals surface area contributed by atoms with Crippen LogP contribution in [-0.4, -0.2) is 32.1 Å². The number of aryl methyl sites for hydroxylation is 2. The second-order valence-electron chi connectivity index (χ2n) is 5.03. The Labute approximate surface area is 128 Å². The van der Waals surface area contributed by atoms with Crippen molar-refractivity contribution >= 4 is 5.91 Å². The number of amides is 1. The lowest BCUT2D eigenvalue weighted by atomic mass is 10.2. The molecular formula is C15H20N4O3. The van der Waals surface area contributed by atoms with E-state index in [9.17, 15) is 9.59 Å². The molecule has 0 spiro atoms. The molecule has 118 valence electrons. The third kappa shape index (κ3) is 3.08. The van der Waals surface area contributed by atoms with Gasteiger partial charge in [-0.25, -0.2) is 0 Å². The first-order valence-corrected chi connectivity index (χ1v) is 7.25. The molecule has 2 aromatic rings. The molecule has 0 bridgehead atoms. The number of hydrogen-bond acceptors (Lipinski definition) is 5. The highest BCUT2D eigenvalue weighted by Crippen LogP contribution is 2.08. The first kappa shape index (κ1) is 15.9. The van der Waals surface area contributed by atoms with Gasteiger partial charge in [0.05, 0.1) is 0 Å². The lowest BCUT2D eigenvalue weighted by molar-refractivity contribution is 0.0732. The van der Waals surface area contributed by atoms with Crippen LogP contribution in [0.25, 0.3) is 0 Å². The molecule has 0 radical (unpaired) electrons. The van der Waals surface area contributed by atoms with E-state index >= 15 is 0 Å². The SMILES string of the molecule is CCc1noc(CN(CC)C(=O)c2ccc(C)n(C)c2=O)n1. The molecule has 0 N–H and O–H groups in total. The Balaban J connectivity index is 2.25. The maximum Gasteiger partial charge on any atom is 0.263 e. The van der Waals surface area contributed by atoms with Gasteiger partial charge in [-0.1, -0.05) is 12.1 Å². The van der Waals surface area contributed by atoms with E-state index in [0.29, 0.717) is 24.7 Å². The molecule has 2 rings (SSSR count). The van der Waals surface area contributed by atoms with Crippen LogP contribution in [0.5, 0.6) is 0 Å². The molecule has 0 fully saturated rings. The average molecular weight is 304 g/mol. The maximum absolute atomic E-state index is 12.6. The molecule has 0 aromatic carbocycles. The van der Waals surface area contributed by atoms with Crippen molar-refractivity contribution in [3.8, 4) is 0 Å². The van der Waals surface area contributed by atoms with Crippen LogP contribution in [0.2, 0.25) is 0 Å². The van der Waals surface area contributed by atoms with Crippen LogP contribution < -0.4 is 5.56 Å². The molecule has 0 saturated carbocycles. The van der Waals surface area contributed by atoms with E-state index in [2.05, 4.69) is 10.1 Å². The van der Waals surface area contributed by atoms with Crippen LogP contribution >= 0.6 is 0 Å². The van der Waals surface area contributed by atoms with Gasteiger partial charge in [0.2, 0.25) is 5.89 Å². The molecule has 0 saturated heterocycles. The largest absolute Gasteiger partial charge is 0.337 e. The van der Waals surface area contributed by atoms with Crippen molar-refractivity contribution in [2.45, 2.75) is 33.7 Å². The van der Waals surface area contributed by atoms with E-state index in [1.807, 2.05) is 20.8 Å². The second kappa shape index (κ2) is 6.55. The van der Waals surface area contributed by atoms with E-state index in [-0.39, 0.29) is 23.6 Å². The third-order valence-corrected chi connectivity index (χ3v) is 3.61. The molecule has 0 aliphatic carbocycles. The lowest BCUT2D eigenvalue weighted by Gasteiger charge is -2.19. The molecule has 0 unspecified atom stereocenters. The standard InChI is InChI=1S/C15H20N4O3/c1-5-12-16-13(22-17-12)9-19(6-2)15(21)11-8-7-10(3)18(4)14(11)20/h7-8H,5-6,9H2,1-4H3. The summed E-state index contributed by atoms with van der Waals surface area (Å²) in [4.78, 5) is 30.5. The molecule has 22 heavy (non-hydrogen) atoms. The molecule has 7 heteroatoms. The molecule has 0 aliphatic heterocycles. The smallest absolute Gasteiger partial charge is 0.263 e. The first-order chi connectivity index (χ1) is 10.5. The van der Waals surface area contributed by atoms with Gasteiger partial charge in [0, 0.05) is 25.7 Å². The summed E-state index contributed by atoms with van der Waals surface area (Å²) in [7, 11) is 1.65. The zero-order chi connectivity index (χ0) is 16.3. The average Bonchev–Trinajstić information content (AvgIpc) is 2.97. The van der Waals surface area contributed by atoms with E-state index in [1.54, 1.807) is 19.2 Å². The highest BCUT2D eigenvalue weighted by Gasteiger charge is 2.20. The summed E-state index contributed by atoms with van der Waals surface area (Å²) >= 11 is 0. The summed E-state index contributed by atoms with van der Waals surface area (Å²) in [6.45, 7) is 6.22. The summed E-state index contributed by atoms with van der Waals surface area (Å²) < 4.78 is 6.57. The Kier molecular flexibility index (Phi) is 4.75. The van der Waals surface area contributed by atoms with Gasteiger partial charge in [0.25, 0.3) is 11.5 Å². The normalized spacial score (nSPS) is 10.7. The number of nitrogens with zero attached hydrogens (tertiary/aromatic N) is 4. The highest BCUT2D eigenvalue weighted by atomic mass is 16.5. The number of pyridine rings is 1. The van der Waals surface area contributed by atoms with Crippen LogP contribution in [0, 0.1) is 6.92 Å². The van der Waals surface area contributed by atoms with Crippen molar-refractivity contribution in [1.82, 2.24) is 19.6 Å². The van der Waals surface area contributed by atoms with Crippen LogP contribution in [0.4, 0.5) is 0 Å². The summed E-state index contributed by atoms with van der Waals surface area (Å²) in [5.74, 6) is 0.639. The number of carbonyl (C=O) groups is 1. The van der Waals surface area contributed by atoms with Crippen LogP contribution in [-0.2, 0) is 20.0 Å². The van der Waals surface area contributed by atoms with Gasteiger partial charge < -0.3 is 14.0 Å². The second-order valence-corrected chi connectivity index (χ2v) is 5.03. The van der Waals surface area contributed by atoms with Crippen molar-refractivity contribution in [3.05, 3.63) is 45.5 Å². The van der Waals surface area contributed by atoms with Crippen LogP contribution in [0.3, 0.4) is 0 Å². The first-order valence-electron chi connectivity index (χ1n) is 7.25. The van der Waals surface area contributed by atoms with Crippen molar-refractivity contribution in [2.75, 3.05) is 6.54 Å². The van der Waals surface area contributed by atoms with Crippen molar-refractivity contribution in [1.29, 1.82) is 0 Å². The molecule has 0 aliphatic rings. The van der Waals surface area contributed by atoms with Crippen molar-refractivity contribution < 1.29 is 9.32 Å². The number of rotatable bonds is 5. The summed E-state index contributed by atoms with van der Waals surface area (Å²) in [6.07, 6.45) is 0.669. The topological polar surface area (TPSA) is 81.2 Å². The van der Waals surface area contributed by atoms with E-state index in [4.69, 9.17) is 4.52 Å². The van der Waals surface area contributed by atoms with Gasteiger partial charge in [-0.05, 0) is 26.0 Å². The highest BCUT2D eigenvalue weighted by molar-refractivity contribution is 5.93. The number of hydrogen-bond donors (Lipinski definition) is 0. The van der Waals surface area contributed by atoms with Gasteiger partial charge >= 0.3 is 0 Å². The van der Waals surface area contributed by atoms with E-state index in [0.717, 1.165) is 5.69 Å². The Bertz CT molecular complexity index is 733. The fourth-order valence-electron chi connectivity index (χ4n) is 2.05. The van der Waals surface area contributed by atoms with Gasteiger partial charge in [0.15, 0.2) is 5.82 Å². The molecule has 7 nitrogen and oxygen atoms in total. The summed E-state index contributed by atoms with van der Waals surface area (Å²) in [5, 5.41) is 3.81. The Hall–Kier alpha value is -2.44. The zero-order valence-corrected chi connectivity index (χ0v) is 13.3. The molecular weight excluding hydrogens is 284 g/mol. The van der Waals surface area contributed by atoms with Gasteiger partial charge in [-0.15, -0.1) is 0 Å². The van der Waals surface area contributed by atoms with Crippen molar-refractivity contribution in [2.24, 2.45) is 7.05 Å². The maximum atomic E-state index is 12.6. The predicted octanol–water partition coefficient (Wildman–Crippen LogP) is 1.30.